The van der Waals surface area contributed by atoms with E-state index in [9.17, 15) is 4.79 Å². The number of pyridine rings is 1. The van der Waals surface area contributed by atoms with Gasteiger partial charge in [0.25, 0.3) is 0 Å². The van der Waals surface area contributed by atoms with Crippen molar-refractivity contribution in [2.45, 2.75) is 51.0 Å². The number of amides is 1. The maximum absolute atomic E-state index is 13.1. The lowest BCUT2D eigenvalue weighted by Crippen LogP contribution is -2.58. The highest BCUT2D eigenvalue weighted by molar-refractivity contribution is 6.29. The van der Waals surface area contributed by atoms with E-state index in [0.29, 0.717) is 24.4 Å². The van der Waals surface area contributed by atoms with E-state index in [2.05, 4.69) is 21.5 Å². The normalized spacial score (nSPS) is 21.7. The number of nitrogens with zero attached hydrogens (tertiary/aromatic N) is 3. The van der Waals surface area contributed by atoms with Crippen LogP contribution in [0, 0.1) is 0 Å². The van der Waals surface area contributed by atoms with Crippen molar-refractivity contribution in [2.24, 2.45) is 7.05 Å². The van der Waals surface area contributed by atoms with Crippen LogP contribution in [0.3, 0.4) is 0 Å². The van der Waals surface area contributed by atoms with E-state index in [0.717, 1.165) is 16.8 Å². The van der Waals surface area contributed by atoms with Crippen LogP contribution in [0.4, 0.5) is 0 Å². The smallest absolute Gasteiger partial charge is 0.232 e. The number of hydrogen-bond acceptors (Lipinski definition) is 3. The van der Waals surface area contributed by atoms with Gasteiger partial charge in [0.2, 0.25) is 5.91 Å². The maximum Gasteiger partial charge on any atom is 0.232 e. The molecule has 1 aliphatic heterocycles. The zero-order chi connectivity index (χ0) is 18.9. The molecule has 0 saturated heterocycles. The first-order valence-corrected chi connectivity index (χ1v) is 9.38. The second-order valence-electron chi connectivity index (χ2n) is 7.16. The van der Waals surface area contributed by atoms with E-state index in [1.165, 1.54) is 0 Å². The van der Waals surface area contributed by atoms with Gasteiger partial charge in [0.05, 0.1) is 22.8 Å². The molecule has 0 radical (unpaired) electrons. The number of hydrogen-bond donors (Lipinski definition) is 1. The van der Waals surface area contributed by atoms with Gasteiger partial charge in [0.15, 0.2) is 0 Å². The molecule has 3 heterocycles. The summed E-state index contributed by atoms with van der Waals surface area (Å²) in [5.74, 6) is 0.0297. The number of fused-ring (bicyclic) bond motifs is 1. The summed E-state index contributed by atoms with van der Waals surface area (Å²) in [5.41, 5.74) is 1.75. The monoisotopic (exact) mass is 372 g/mol. The second-order valence-corrected chi connectivity index (χ2v) is 7.55. The van der Waals surface area contributed by atoms with Crippen LogP contribution in [0.1, 0.15) is 56.9 Å². The summed E-state index contributed by atoms with van der Waals surface area (Å²) in [5, 5.41) is 7.86. The molecule has 1 N–H and O–H groups in total. The number of aromatic nitrogens is 3. The molecule has 0 aliphatic carbocycles. The molecule has 1 aliphatic rings. The van der Waals surface area contributed by atoms with Crippen LogP contribution in [-0.4, -0.2) is 20.7 Å². The van der Waals surface area contributed by atoms with Crippen molar-refractivity contribution < 1.29 is 4.79 Å². The van der Waals surface area contributed by atoms with Crippen molar-refractivity contribution in [3.8, 4) is 0 Å². The quantitative estimate of drug-likeness (QED) is 0.807. The van der Waals surface area contributed by atoms with Gasteiger partial charge in [-0.3, -0.25) is 9.48 Å². The van der Waals surface area contributed by atoms with E-state index in [4.69, 9.17) is 11.6 Å². The fourth-order valence-electron chi connectivity index (χ4n) is 3.81. The molecule has 2 aromatic rings. The molecule has 1 amide bonds. The summed E-state index contributed by atoms with van der Waals surface area (Å²) in [6, 6.07) is 3.80. The molecule has 138 valence electrons. The number of rotatable bonds is 5. The van der Waals surface area contributed by atoms with E-state index in [1.807, 2.05) is 52.4 Å². The van der Waals surface area contributed by atoms with E-state index in [-0.39, 0.29) is 5.91 Å². The van der Waals surface area contributed by atoms with Crippen LogP contribution in [0.25, 0.3) is 6.08 Å². The Morgan fingerprint density at radius 2 is 2.04 bits per heavy atom. The van der Waals surface area contributed by atoms with Gasteiger partial charge in [-0.1, -0.05) is 43.7 Å². The van der Waals surface area contributed by atoms with Crippen LogP contribution in [0.2, 0.25) is 5.15 Å². The lowest BCUT2D eigenvalue weighted by molar-refractivity contribution is -0.130. The predicted octanol–water partition coefficient (Wildman–Crippen LogP) is 3.97. The number of nitrogens with one attached hydrogen (secondary N) is 1. The molecule has 26 heavy (non-hydrogen) atoms. The van der Waals surface area contributed by atoms with Crippen LogP contribution < -0.4 is 5.32 Å². The highest BCUT2D eigenvalue weighted by atomic mass is 35.5. The van der Waals surface area contributed by atoms with Crippen molar-refractivity contribution in [1.82, 2.24) is 20.1 Å². The number of carbonyl (C=O) groups excluding carboxylic acids is 1. The van der Waals surface area contributed by atoms with Gasteiger partial charge in [-0.25, -0.2) is 4.98 Å². The second kappa shape index (κ2) is 6.88. The fourth-order valence-corrected chi connectivity index (χ4v) is 3.96. The Morgan fingerprint density at radius 1 is 1.31 bits per heavy atom. The minimum Gasteiger partial charge on any atom is -0.346 e. The van der Waals surface area contributed by atoms with Crippen molar-refractivity contribution in [3.05, 3.63) is 52.6 Å². The van der Waals surface area contributed by atoms with Gasteiger partial charge in [-0.15, -0.1) is 0 Å². The Morgan fingerprint density at radius 3 is 2.65 bits per heavy atom. The van der Waals surface area contributed by atoms with Crippen molar-refractivity contribution in [1.29, 1.82) is 0 Å². The minimum atomic E-state index is -0.618. The molecule has 5 nitrogen and oxygen atoms in total. The van der Waals surface area contributed by atoms with Crippen LogP contribution in [0.15, 0.2) is 30.6 Å². The molecular formula is C20H25ClN4O. The SMILES string of the molecule is CCC1(CC)C(=O)NC(C)(C/C=C\c2cnn(C)c2)c2ccc(Cl)nc21. The third-order valence-electron chi connectivity index (χ3n) is 5.50. The van der Waals surface area contributed by atoms with Crippen LogP contribution in [0.5, 0.6) is 0 Å². The van der Waals surface area contributed by atoms with Gasteiger partial charge < -0.3 is 5.32 Å². The summed E-state index contributed by atoms with van der Waals surface area (Å²) in [7, 11) is 1.89. The van der Waals surface area contributed by atoms with Gasteiger partial charge >= 0.3 is 0 Å². The average Bonchev–Trinajstić information content (AvgIpc) is 3.01. The summed E-state index contributed by atoms with van der Waals surface area (Å²) in [6.07, 6.45) is 9.90. The molecule has 0 spiro atoms. The highest BCUT2D eigenvalue weighted by Crippen LogP contribution is 2.43. The fraction of sp³-hybridized carbons (Fsp3) is 0.450. The Bertz CT molecular complexity index is 853. The molecule has 0 bridgehead atoms. The van der Waals surface area contributed by atoms with Crippen LogP contribution in [-0.2, 0) is 22.8 Å². The van der Waals surface area contributed by atoms with Crippen molar-refractivity contribution in [2.75, 3.05) is 0 Å². The molecule has 0 aromatic carbocycles. The molecule has 1 atom stereocenters. The zero-order valence-corrected chi connectivity index (χ0v) is 16.5. The van der Waals surface area contributed by atoms with Crippen molar-refractivity contribution >= 4 is 23.6 Å². The van der Waals surface area contributed by atoms with Gasteiger partial charge in [0, 0.05) is 24.4 Å². The lowest BCUT2D eigenvalue weighted by atomic mass is 9.68. The zero-order valence-electron chi connectivity index (χ0n) is 15.7. The molecule has 0 fully saturated rings. The number of carbonyl (C=O) groups is 1. The third-order valence-corrected chi connectivity index (χ3v) is 5.71. The number of halogens is 1. The van der Waals surface area contributed by atoms with Gasteiger partial charge in [-0.2, -0.15) is 5.10 Å². The standard InChI is InChI=1S/C20H25ClN4O/c1-5-20(6-2)17-15(9-10-16(21)23-17)19(3,24-18(20)26)11-7-8-14-12-22-25(4)13-14/h7-10,12-13H,5-6,11H2,1-4H3,(H,24,26)/b8-7-. The number of aryl methyl sites for hydroxylation is 1. The lowest BCUT2D eigenvalue weighted by Gasteiger charge is -2.44. The first-order valence-electron chi connectivity index (χ1n) is 9.00. The summed E-state index contributed by atoms with van der Waals surface area (Å²) < 4.78 is 1.77. The van der Waals surface area contributed by atoms with Crippen molar-refractivity contribution in [3.63, 3.8) is 0 Å². The highest BCUT2D eigenvalue weighted by Gasteiger charge is 2.49. The van der Waals surface area contributed by atoms with E-state index in [1.54, 1.807) is 10.7 Å². The molecule has 0 saturated carbocycles. The molecule has 2 aromatic heterocycles. The van der Waals surface area contributed by atoms with Gasteiger partial charge in [0.1, 0.15) is 5.15 Å². The largest absolute Gasteiger partial charge is 0.346 e. The predicted molar refractivity (Wildman–Crippen MR) is 104 cm³/mol. The topological polar surface area (TPSA) is 59.8 Å². The third kappa shape index (κ3) is 3.05. The molecule has 3 rings (SSSR count). The molecular weight excluding hydrogens is 348 g/mol. The Kier molecular flexibility index (Phi) is 4.93. The first-order chi connectivity index (χ1) is 12.3. The minimum absolute atomic E-state index is 0.0297. The molecule has 6 heteroatoms. The summed E-state index contributed by atoms with van der Waals surface area (Å²) in [6.45, 7) is 6.10. The first kappa shape index (κ1) is 18.6. The van der Waals surface area contributed by atoms with E-state index >= 15 is 0 Å². The average molecular weight is 373 g/mol. The Balaban J connectivity index is 2.00. The van der Waals surface area contributed by atoms with E-state index < -0.39 is 11.0 Å². The Hall–Kier alpha value is -2.14. The Labute approximate surface area is 159 Å². The molecule has 1 unspecified atom stereocenters. The summed E-state index contributed by atoms with van der Waals surface area (Å²) >= 11 is 6.18. The maximum atomic E-state index is 13.1. The summed E-state index contributed by atoms with van der Waals surface area (Å²) in [4.78, 5) is 17.7. The van der Waals surface area contributed by atoms with Crippen LogP contribution >= 0.6 is 11.6 Å². The van der Waals surface area contributed by atoms with Gasteiger partial charge in [-0.05, 0) is 32.3 Å².